The number of amides is 1. The van der Waals surface area contributed by atoms with E-state index < -0.39 is 0 Å². The van der Waals surface area contributed by atoms with Gasteiger partial charge in [0.15, 0.2) is 0 Å². The number of aromatic nitrogens is 1. The standard InChI is InChI=1S/C23H25N3O3.ClH/c1-15-20(16(2)29-25-15)14-28-22-11-7-6-10-18(22)23(27)26-12-19(21(24)13-26)17-8-4-3-5-9-17;/h3-11,19,21H,12-14,24H2,1-2H3;1H/t19-,21+;/m0./s1. The van der Waals surface area contributed by atoms with Crippen molar-refractivity contribution >= 4 is 18.3 Å². The molecule has 1 fully saturated rings. The Morgan fingerprint density at radius 2 is 1.83 bits per heavy atom. The Bertz CT molecular complexity index is 986. The van der Waals surface area contributed by atoms with Crippen LogP contribution in [-0.2, 0) is 6.61 Å². The molecule has 0 bridgehead atoms. The minimum absolute atomic E-state index is 0. The van der Waals surface area contributed by atoms with E-state index in [0.29, 0.717) is 31.0 Å². The molecule has 0 radical (unpaired) electrons. The number of nitrogens with zero attached hydrogens (tertiary/aromatic N) is 2. The molecule has 1 aliphatic rings. The quantitative estimate of drug-likeness (QED) is 0.668. The number of ether oxygens (including phenoxy) is 1. The van der Waals surface area contributed by atoms with Gasteiger partial charge in [-0.3, -0.25) is 4.79 Å². The van der Waals surface area contributed by atoms with Gasteiger partial charge < -0.3 is 19.9 Å². The summed E-state index contributed by atoms with van der Waals surface area (Å²) >= 11 is 0. The first kappa shape index (κ1) is 21.9. The van der Waals surface area contributed by atoms with Crippen molar-refractivity contribution in [3.63, 3.8) is 0 Å². The Morgan fingerprint density at radius 3 is 2.53 bits per heavy atom. The molecular weight excluding hydrogens is 402 g/mol. The molecule has 1 saturated heterocycles. The van der Waals surface area contributed by atoms with Gasteiger partial charge in [-0.25, -0.2) is 0 Å². The van der Waals surface area contributed by atoms with Crippen LogP contribution in [0, 0.1) is 13.8 Å². The Hall–Kier alpha value is -2.83. The van der Waals surface area contributed by atoms with Crippen LogP contribution >= 0.6 is 12.4 Å². The van der Waals surface area contributed by atoms with E-state index in [0.717, 1.165) is 17.0 Å². The van der Waals surface area contributed by atoms with Crippen molar-refractivity contribution in [2.45, 2.75) is 32.4 Å². The second-order valence-corrected chi connectivity index (χ2v) is 7.48. The van der Waals surface area contributed by atoms with E-state index in [-0.39, 0.29) is 30.3 Å². The molecule has 2 aromatic carbocycles. The topological polar surface area (TPSA) is 81.6 Å². The van der Waals surface area contributed by atoms with E-state index in [1.165, 1.54) is 5.56 Å². The summed E-state index contributed by atoms with van der Waals surface area (Å²) in [6, 6.07) is 17.4. The lowest BCUT2D eigenvalue weighted by Gasteiger charge is -2.19. The summed E-state index contributed by atoms with van der Waals surface area (Å²) in [6.07, 6.45) is 0. The molecule has 1 aromatic heterocycles. The van der Waals surface area contributed by atoms with Crippen LogP contribution in [0.4, 0.5) is 0 Å². The lowest BCUT2D eigenvalue weighted by atomic mass is 9.95. The summed E-state index contributed by atoms with van der Waals surface area (Å²) in [7, 11) is 0. The van der Waals surface area contributed by atoms with E-state index >= 15 is 0 Å². The Morgan fingerprint density at radius 1 is 1.13 bits per heavy atom. The molecule has 4 rings (SSSR count). The number of aryl methyl sites for hydroxylation is 2. The predicted octanol–water partition coefficient (Wildman–Crippen LogP) is 3.86. The van der Waals surface area contributed by atoms with Crippen molar-refractivity contribution in [3.05, 3.63) is 82.7 Å². The molecule has 0 spiro atoms. The van der Waals surface area contributed by atoms with Gasteiger partial charge in [-0.2, -0.15) is 0 Å². The fraction of sp³-hybridized carbons (Fsp3) is 0.304. The highest BCUT2D eigenvalue weighted by molar-refractivity contribution is 5.97. The van der Waals surface area contributed by atoms with Gasteiger partial charge in [-0.05, 0) is 31.5 Å². The number of rotatable bonds is 5. The summed E-state index contributed by atoms with van der Waals surface area (Å²) in [5.41, 5.74) is 9.77. The van der Waals surface area contributed by atoms with Crippen LogP contribution in [0.5, 0.6) is 5.75 Å². The first-order valence-corrected chi connectivity index (χ1v) is 9.78. The molecule has 0 aliphatic carbocycles. The van der Waals surface area contributed by atoms with E-state index in [1.54, 1.807) is 6.07 Å². The minimum atomic E-state index is -0.0864. The van der Waals surface area contributed by atoms with Crippen LogP contribution in [0.25, 0.3) is 0 Å². The zero-order valence-corrected chi connectivity index (χ0v) is 17.9. The first-order chi connectivity index (χ1) is 14.0. The molecule has 2 atom stereocenters. The van der Waals surface area contributed by atoms with Crippen LogP contribution in [0.1, 0.15) is 38.9 Å². The normalized spacial score (nSPS) is 18.2. The zero-order chi connectivity index (χ0) is 20.4. The number of carbonyl (C=O) groups excluding carboxylic acids is 1. The molecule has 6 nitrogen and oxygen atoms in total. The maximum atomic E-state index is 13.2. The molecule has 1 amide bonds. The third-order valence-electron chi connectivity index (χ3n) is 5.55. The molecule has 30 heavy (non-hydrogen) atoms. The fourth-order valence-corrected chi connectivity index (χ4v) is 3.85. The smallest absolute Gasteiger partial charge is 0.257 e. The highest BCUT2D eigenvalue weighted by Gasteiger charge is 2.35. The molecule has 0 saturated carbocycles. The predicted molar refractivity (Wildman–Crippen MR) is 117 cm³/mol. The molecule has 1 aliphatic heterocycles. The third kappa shape index (κ3) is 4.35. The van der Waals surface area contributed by atoms with Gasteiger partial charge in [0.1, 0.15) is 18.1 Å². The number of halogens is 1. The lowest BCUT2D eigenvalue weighted by Crippen LogP contribution is -2.32. The molecular formula is C23H26ClN3O3. The average Bonchev–Trinajstić information content (AvgIpc) is 3.29. The molecule has 7 heteroatoms. The van der Waals surface area contributed by atoms with Crippen LogP contribution in [0.15, 0.2) is 59.1 Å². The molecule has 0 unspecified atom stereocenters. The lowest BCUT2D eigenvalue weighted by molar-refractivity contribution is 0.0784. The number of likely N-dealkylation sites (tertiary alicyclic amines) is 1. The van der Waals surface area contributed by atoms with Crippen LogP contribution in [0.3, 0.4) is 0 Å². The second-order valence-electron chi connectivity index (χ2n) is 7.48. The SMILES string of the molecule is Cc1noc(C)c1COc1ccccc1C(=O)N1C[C@@H](N)[C@H](c2ccccc2)C1.Cl. The third-order valence-corrected chi connectivity index (χ3v) is 5.55. The van der Waals surface area contributed by atoms with Gasteiger partial charge in [0.25, 0.3) is 5.91 Å². The number of benzene rings is 2. The van der Waals surface area contributed by atoms with Gasteiger partial charge in [0, 0.05) is 25.0 Å². The van der Waals surface area contributed by atoms with E-state index in [4.69, 9.17) is 15.0 Å². The van der Waals surface area contributed by atoms with Crippen molar-refractivity contribution in [3.8, 4) is 5.75 Å². The Balaban J connectivity index is 0.00000256. The first-order valence-electron chi connectivity index (χ1n) is 9.78. The van der Waals surface area contributed by atoms with Gasteiger partial charge in [0.2, 0.25) is 0 Å². The second kappa shape index (κ2) is 9.32. The number of nitrogens with two attached hydrogens (primary N) is 1. The molecule has 3 aromatic rings. The van der Waals surface area contributed by atoms with Crippen molar-refractivity contribution in [2.75, 3.05) is 13.1 Å². The molecule has 158 valence electrons. The fourth-order valence-electron chi connectivity index (χ4n) is 3.85. The van der Waals surface area contributed by atoms with E-state index in [9.17, 15) is 4.79 Å². The van der Waals surface area contributed by atoms with E-state index in [1.807, 2.05) is 55.1 Å². The van der Waals surface area contributed by atoms with Crippen LogP contribution < -0.4 is 10.5 Å². The largest absolute Gasteiger partial charge is 0.488 e. The van der Waals surface area contributed by atoms with Crippen molar-refractivity contribution in [1.29, 1.82) is 0 Å². The highest BCUT2D eigenvalue weighted by atomic mass is 35.5. The van der Waals surface area contributed by atoms with Crippen molar-refractivity contribution in [2.24, 2.45) is 5.73 Å². The van der Waals surface area contributed by atoms with Crippen LogP contribution in [0.2, 0.25) is 0 Å². The summed E-state index contributed by atoms with van der Waals surface area (Å²) in [6.45, 7) is 5.16. The number of carbonyl (C=O) groups is 1. The number of hydrogen-bond donors (Lipinski definition) is 1. The van der Waals surface area contributed by atoms with Crippen molar-refractivity contribution in [1.82, 2.24) is 10.1 Å². The summed E-state index contributed by atoms with van der Waals surface area (Å²) in [5.74, 6) is 1.35. The maximum absolute atomic E-state index is 13.2. The van der Waals surface area contributed by atoms with Crippen molar-refractivity contribution < 1.29 is 14.1 Å². The average molecular weight is 428 g/mol. The number of hydrogen-bond acceptors (Lipinski definition) is 5. The zero-order valence-electron chi connectivity index (χ0n) is 17.1. The van der Waals surface area contributed by atoms with Gasteiger partial charge in [-0.15, -0.1) is 12.4 Å². The van der Waals surface area contributed by atoms with Gasteiger partial charge in [0.05, 0.1) is 16.8 Å². The molecule has 2 heterocycles. The minimum Gasteiger partial charge on any atom is -0.488 e. The van der Waals surface area contributed by atoms with Gasteiger partial charge in [-0.1, -0.05) is 47.6 Å². The highest BCUT2D eigenvalue weighted by Crippen LogP contribution is 2.29. The molecule has 2 N–H and O–H groups in total. The maximum Gasteiger partial charge on any atom is 0.257 e. The summed E-state index contributed by atoms with van der Waals surface area (Å²) < 4.78 is 11.2. The monoisotopic (exact) mass is 427 g/mol. The van der Waals surface area contributed by atoms with Crippen LogP contribution in [-0.4, -0.2) is 35.1 Å². The Labute approximate surface area is 182 Å². The number of para-hydroxylation sites is 1. The Kier molecular flexibility index (Phi) is 6.80. The summed E-state index contributed by atoms with van der Waals surface area (Å²) in [5, 5.41) is 3.95. The summed E-state index contributed by atoms with van der Waals surface area (Å²) in [4.78, 5) is 15.1. The van der Waals surface area contributed by atoms with Gasteiger partial charge >= 0.3 is 0 Å². The van der Waals surface area contributed by atoms with E-state index in [2.05, 4.69) is 17.3 Å².